The van der Waals surface area contributed by atoms with Crippen molar-refractivity contribution < 1.29 is 14.3 Å². The molecule has 0 bridgehead atoms. The minimum absolute atomic E-state index is 0.300. The van der Waals surface area contributed by atoms with Gasteiger partial charge in [-0.15, -0.1) is 11.3 Å². The van der Waals surface area contributed by atoms with Crippen LogP contribution >= 0.6 is 11.3 Å². The molecule has 0 unspecified atom stereocenters. The molecule has 2 heterocycles. The predicted molar refractivity (Wildman–Crippen MR) is 124 cm³/mol. The van der Waals surface area contributed by atoms with E-state index in [-0.39, 0.29) is 6.03 Å². The molecular formula is C24H23N3O3S. The highest BCUT2D eigenvalue weighted by molar-refractivity contribution is 7.13. The van der Waals surface area contributed by atoms with Gasteiger partial charge >= 0.3 is 12.0 Å². The Labute approximate surface area is 184 Å². The molecule has 158 valence electrons. The average molecular weight is 434 g/mol. The molecule has 0 aliphatic heterocycles. The van der Waals surface area contributed by atoms with E-state index in [0.29, 0.717) is 24.4 Å². The number of urea groups is 1. The first kappa shape index (κ1) is 20.7. The molecule has 0 spiro atoms. The highest BCUT2D eigenvalue weighted by Crippen LogP contribution is 2.35. The van der Waals surface area contributed by atoms with Crippen LogP contribution in [0.5, 0.6) is 0 Å². The van der Waals surface area contributed by atoms with Crippen LogP contribution < -0.4 is 10.6 Å². The Balaban J connectivity index is 1.54. The fourth-order valence-corrected chi connectivity index (χ4v) is 4.49. The lowest BCUT2D eigenvalue weighted by molar-refractivity contribution is 0.0526. The number of benzene rings is 2. The number of fused-ring (bicyclic) bond motifs is 1. The lowest BCUT2D eigenvalue weighted by atomic mass is 10.1. The monoisotopic (exact) mass is 433 g/mol. The predicted octanol–water partition coefficient (Wildman–Crippen LogP) is 5.41. The second kappa shape index (κ2) is 9.06. The molecule has 0 saturated carbocycles. The molecule has 0 aliphatic rings. The molecule has 0 aliphatic carbocycles. The summed E-state index contributed by atoms with van der Waals surface area (Å²) in [5.74, 6) is -0.414. The second-order valence-corrected chi connectivity index (χ2v) is 7.94. The summed E-state index contributed by atoms with van der Waals surface area (Å²) in [6.45, 7) is 2.43. The Morgan fingerprint density at radius 3 is 2.68 bits per heavy atom. The van der Waals surface area contributed by atoms with E-state index in [1.165, 1.54) is 0 Å². The van der Waals surface area contributed by atoms with Gasteiger partial charge in [0.2, 0.25) is 0 Å². The summed E-state index contributed by atoms with van der Waals surface area (Å²) in [6.07, 6.45) is 0. The van der Waals surface area contributed by atoms with Crippen LogP contribution in [0, 0.1) is 0 Å². The molecule has 4 rings (SSSR count). The number of hydrogen-bond acceptors (Lipinski definition) is 4. The number of carbonyl (C=O) groups excluding carboxylic acids is 2. The first-order valence-electron chi connectivity index (χ1n) is 10.0. The number of anilines is 1. The van der Waals surface area contributed by atoms with E-state index in [1.54, 1.807) is 42.5 Å². The van der Waals surface area contributed by atoms with E-state index < -0.39 is 5.97 Å². The number of ether oxygens (including phenoxy) is 1. The fraction of sp³-hybridized carbons (Fsp3) is 0.167. The van der Waals surface area contributed by atoms with Gasteiger partial charge in [0, 0.05) is 35.7 Å². The molecule has 0 radical (unpaired) electrons. The first-order chi connectivity index (χ1) is 15.1. The van der Waals surface area contributed by atoms with E-state index in [2.05, 4.69) is 33.4 Å². The molecule has 0 saturated heterocycles. The number of nitrogens with one attached hydrogen (secondary N) is 2. The normalized spacial score (nSPS) is 10.8. The number of thiophene rings is 1. The average Bonchev–Trinajstić information content (AvgIpc) is 3.39. The van der Waals surface area contributed by atoms with Crippen LogP contribution in [-0.4, -0.2) is 23.2 Å². The van der Waals surface area contributed by atoms with Crippen molar-refractivity contribution in [2.75, 3.05) is 11.9 Å². The van der Waals surface area contributed by atoms with Gasteiger partial charge in [0.15, 0.2) is 0 Å². The SMILES string of the molecule is CCOC(=O)c1cccc(NC(=O)NCc2c(-c3cccs3)n(C)c3ccccc23)c1. The van der Waals surface area contributed by atoms with Gasteiger partial charge in [0.05, 0.1) is 22.7 Å². The van der Waals surface area contributed by atoms with Gasteiger partial charge in [-0.1, -0.05) is 30.3 Å². The quantitative estimate of drug-likeness (QED) is 0.400. The standard InChI is InChI=1S/C24H23N3O3S/c1-3-30-23(28)16-8-6-9-17(14-16)26-24(29)25-15-19-18-10-4-5-11-20(18)27(2)22(19)21-12-7-13-31-21/h4-14H,3,15H2,1-2H3,(H2,25,26,29). The van der Waals surface area contributed by atoms with Crippen molar-refractivity contribution in [1.29, 1.82) is 0 Å². The molecule has 31 heavy (non-hydrogen) atoms. The van der Waals surface area contributed by atoms with Crippen LogP contribution in [0.3, 0.4) is 0 Å². The maximum absolute atomic E-state index is 12.6. The van der Waals surface area contributed by atoms with Crippen molar-refractivity contribution in [2.24, 2.45) is 7.05 Å². The Morgan fingerprint density at radius 2 is 1.90 bits per heavy atom. The zero-order valence-corrected chi connectivity index (χ0v) is 18.2. The summed E-state index contributed by atoms with van der Waals surface area (Å²) in [7, 11) is 2.04. The minimum atomic E-state index is -0.414. The number of nitrogens with zero attached hydrogens (tertiary/aromatic N) is 1. The molecule has 4 aromatic rings. The summed E-state index contributed by atoms with van der Waals surface area (Å²) >= 11 is 1.67. The number of esters is 1. The lowest BCUT2D eigenvalue weighted by Crippen LogP contribution is -2.28. The highest BCUT2D eigenvalue weighted by atomic mass is 32.1. The molecule has 0 fully saturated rings. The largest absolute Gasteiger partial charge is 0.462 e. The van der Waals surface area contributed by atoms with Gasteiger partial charge in [0.25, 0.3) is 0 Å². The zero-order valence-electron chi connectivity index (χ0n) is 17.3. The Kier molecular flexibility index (Phi) is 6.04. The molecule has 2 aromatic heterocycles. The Hall–Kier alpha value is -3.58. The van der Waals surface area contributed by atoms with Gasteiger partial charge in [-0.3, -0.25) is 0 Å². The van der Waals surface area contributed by atoms with E-state index in [0.717, 1.165) is 27.0 Å². The van der Waals surface area contributed by atoms with Gasteiger partial charge in [0.1, 0.15) is 0 Å². The van der Waals surface area contributed by atoms with Crippen LogP contribution in [0.2, 0.25) is 0 Å². The number of rotatable bonds is 6. The molecule has 0 atom stereocenters. The zero-order chi connectivity index (χ0) is 21.8. The summed E-state index contributed by atoms with van der Waals surface area (Å²) in [4.78, 5) is 25.7. The Bertz CT molecular complexity index is 1230. The smallest absolute Gasteiger partial charge is 0.338 e. The van der Waals surface area contributed by atoms with E-state index in [1.807, 2.05) is 30.6 Å². The number of hydrogen-bond donors (Lipinski definition) is 2. The summed E-state index contributed by atoms with van der Waals surface area (Å²) < 4.78 is 7.18. The van der Waals surface area contributed by atoms with Crippen molar-refractivity contribution in [3.63, 3.8) is 0 Å². The molecule has 2 aromatic carbocycles. The van der Waals surface area contributed by atoms with E-state index in [4.69, 9.17) is 4.74 Å². The van der Waals surface area contributed by atoms with Crippen molar-refractivity contribution in [1.82, 2.24) is 9.88 Å². The first-order valence-corrected chi connectivity index (χ1v) is 10.9. The van der Waals surface area contributed by atoms with E-state index in [9.17, 15) is 9.59 Å². The number of amides is 2. The molecular weight excluding hydrogens is 410 g/mol. The van der Waals surface area contributed by atoms with Crippen molar-refractivity contribution in [3.05, 3.63) is 77.2 Å². The third-order valence-electron chi connectivity index (χ3n) is 5.02. The van der Waals surface area contributed by atoms with Gasteiger partial charge in [-0.2, -0.15) is 0 Å². The number of aryl methyl sites for hydroxylation is 1. The Morgan fingerprint density at radius 1 is 1.06 bits per heavy atom. The van der Waals surface area contributed by atoms with Crippen LogP contribution in [0.15, 0.2) is 66.0 Å². The van der Waals surface area contributed by atoms with Crippen molar-refractivity contribution in [3.8, 4) is 10.6 Å². The van der Waals surface area contributed by atoms with Crippen LogP contribution in [-0.2, 0) is 18.3 Å². The van der Waals surface area contributed by atoms with Crippen molar-refractivity contribution >= 4 is 39.9 Å². The van der Waals surface area contributed by atoms with Gasteiger partial charge < -0.3 is 19.9 Å². The van der Waals surface area contributed by atoms with Gasteiger partial charge in [-0.05, 0) is 42.6 Å². The topological polar surface area (TPSA) is 72.4 Å². The van der Waals surface area contributed by atoms with Crippen molar-refractivity contribution in [2.45, 2.75) is 13.5 Å². The second-order valence-electron chi connectivity index (χ2n) is 6.99. The summed E-state index contributed by atoms with van der Waals surface area (Å²) in [5.41, 5.74) is 4.20. The highest BCUT2D eigenvalue weighted by Gasteiger charge is 2.18. The molecule has 2 N–H and O–H groups in total. The summed E-state index contributed by atoms with van der Waals surface area (Å²) in [6, 6.07) is 18.6. The number of para-hydroxylation sites is 1. The maximum Gasteiger partial charge on any atom is 0.338 e. The third kappa shape index (κ3) is 4.32. The fourth-order valence-electron chi connectivity index (χ4n) is 3.66. The summed E-state index contributed by atoms with van der Waals surface area (Å²) in [5, 5.41) is 8.91. The minimum Gasteiger partial charge on any atom is -0.462 e. The third-order valence-corrected chi connectivity index (χ3v) is 5.90. The molecule has 7 heteroatoms. The number of aromatic nitrogens is 1. The lowest BCUT2D eigenvalue weighted by Gasteiger charge is -2.10. The van der Waals surface area contributed by atoms with Crippen LogP contribution in [0.25, 0.3) is 21.5 Å². The number of carbonyl (C=O) groups is 2. The molecule has 2 amide bonds. The van der Waals surface area contributed by atoms with Crippen LogP contribution in [0.4, 0.5) is 10.5 Å². The van der Waals surface area contributed by atoms with Crippen LogP contribution in [0.1, 0.15) is 22.8 Å². The van der Waals surface area contributed by atoms with Gasteiger partial charge in [-0.25, -0.2) is 9.59 Å². The van der Waals surface area contributed by atoms with E-state index >= 15 is 0 Å². The maximum atomic E-state index is 12.6. The molecule has 6 nitrogen and oxygen atoms in total.